The third kappa shape index (κ3) is 2.19. The van der Waals surface area contributed by atoms with Crippen molar-refractivity contribution in [2.45, 2.75) is 6.10 Å². The Morgan fingerprint density at radius 2 is 2.47 bits per heavy atom. The lowest BCUT2D eigenvalue weighted by molar-refractivity contribution is 0.173. The lowest BCUT2D eigenvalue weighted by Crippen LogP contribution is -2.16. The van der Waals surface area contributed by atoms with Crippen molar-refractivity contribution < 1.29 is 5.11 Å². The summed E-state index contributed by atoms with van der Waals surface area (Å²) in [6.07, 6.45) is 3.18. The normalized spacial score (nSPS) is 13.3. The van der Waals surface area contributed by atoms with E-state index in [0.717, 1.165) is 10.1 Å². The quantitative estimate of drug-likeness (QED) is 0.885. The number of aliphatic hydroxyl groups is 1. The highest BCUT2D eigenvalue weighted by molar-refractivity contribution is 9.10. The van der Waals surface area contributed by atoms with Crippen LogP contribution in [-0.4, -0.2) is 28.1 Å². The van der Waals surface area contributed by atoms with Crippen LogP contribution in [0.1, 0.15) is 11.8 Å². The number of hydrogen-bond donors (Lipinski definition) is 2. The minimum Gasteiger partial charge on any atom is -0.385 e. The summed E-state index contributed by atoms with van der Waals surface area (Å²) < 4.78 is 2.87. The molecule has 15 heavy (non-hydrogen) atoms. The van der Waals surface area contributed by atoms with Gasteiger partial charge in [-0.25, -0.2) is 4.98 Å². The van der Waals surface area contributed by atoms with Gasteiger partial charge in [0.05, 0.1) is 5.69 Å². The minimum atomic E-state index is -0.561. The van der Waals surface area contributed by atoms with E-state index >= 15 is 0 Å². The number of aliphatic hydroxyl groups excluding tert-OH is 1. The van der Waals surface area contributed by atoms with Gasteiger partial charge < -0.3 is 14.8 Å². The predicted molar refractivity (Wildman–Crippen MR) is 61.8 cm³/mol. The van der Waals surface area contributed by atoms with Gasteiger partial charge in [0.2, 0.25) is 0 Å². The van der Waals surface area contributed by atoms with Gasteiger partial charge in [0.25, 0.3) is 0 Å². The highest BCUT2D eigenvalue weighted by Gasteiger charge is 2.10. The largest absolute Gasteiger partial charge is 0.385 e. The molecule has 2 N–H and O–H groups in total. The van der Waals surface area contributed by atoms with E-state index in [9.17, 15) is 5.11 Å². The first-order valence-electron chi connectivity index (χ1n) is 4.67. The number of rotatable bonds is 3. The molecule has 0 saturated carbocycles. The number of nitrogens with zero attached hydrogens (tertiary/aromatic N) is 2. The van der Waals surface area contributed by atoms with E-state index < -0.39 is 6.10 Å². The van der Waals surface area contributed by atoms with Crippen LogP contribution in [0.2, 0.25) is 0 Å². The summed E-state index contributed by atoms with van der Waals surface area (Å²) in [7, 11) is 1.80. The van der Waals surface area contributed by atoms with Gasteiger partial charge in [-0.1, -0.05) is 15.9 Å². The number of nitrogens with one attached hydrogen (secondary N) is 1. The average Bonchev–Trinajstić information content (AvgIpc) is 2.60. The van der Waals surface area contributed by atoms with Crippen LogP contribution in [0.25, 0.3) is 5.65 Å². The molecule has 1 unspecified atom stereocenters. The van der Waals surface area contributed by atoms with E-state index in [1.165, 1.54) is 0 Å². The number of aromatic nitrogens is 2. The van der Waals surface area contributed by atoms with Crippen molar-refractivity contribution in [1.29, 1.82) is 0 Å². The second kappa shape index (κ2) is 4.30. The van der Waals surface area contributed by atoms with Crippen LogP contribution in [-0.2, 0) is 0 Å². The highest BCUT2D eigenvalue weighted by Crippen LogP contribution is 2.16. The molecule has 0 aromatic carbocycles. The molecule has 0 spiro atoms. The lowest BCUT2D eigenvalue weighted by atomic mass is 10.3. The number of halogens is 1. The Morgan fingerprint density at radius 1 is 1.67 bits per heavy atom. The molecular formula is C10H12BrN3O. The van der Waals surface area contributed by atoms with E-state index in [4.69, 9.17) is 0 Å². The zero-order chi connectivity index (χ0) is 10.8. The molecule has 0 fully saturated rings. The predicted octanol–water partition coefficient (Wildman–Crippen LogP) is 1.35. The molecule has 0 amide bonds. The van der Waals surface area contributed by atoms with Crippen LogP contribution in [0.5, 0.6) is 0 Å². The number of likely N-dealkylation sites (N-methyl/N-ethyl adjacent to an activating group) is 1. The number of pyridine rings is 1. The number of imidazole rings is 1. The van der Waals surface area contributed by atoms with Crippen LogP contribution in [0, 0.1) is 0 Å². The first-order valence-corrected chi connectivity index (χ1v) is 5.47. The second-order valence-electron chi connectivity index (χ2n) is 3.35. The molecule has 2 aromatic rings. The van der Waals surface area contributed by atoms with Crippen molar-refractivity contribution in [3.05, 3.63) is 34.7 Å². The molecule has 0 aliphatic rings. The van der Waals surface area contributed by atoms with Gasteiger partial charge in [0, 0.05) is 23.4 Å². The van der Waals surface area contributed by atoms with Gasteiger partial charge in [-0.3, -0.25) is 0 Å². The van der Waals surface area contributed by atoms with Gasteiger partial charge in [0.15, 0.2) is 0 Å². The fourth-order valence-corrected chi connectivity index (χ4v) is 1.76. The smallest absolute Gasteiger partial charge is 0.138 e. The molecule has 0 bridgehead atoms. The third-order valence-electron chi connectivity index (χ3n) is 2.18. The van der Waals surface area contributed by atoms with Crippen LogP contribution in [0.3, 0.4) is 0 Å². The molecular weight excluding hydrogens is 258 g/mol. The highest BCUT2D eigenvalue weighted by atomic mass is 79.9. The first-order chi connectivity index (χ1) is 7.20. The summed E-state index contributed by atoms with van der Waals surface area (Å²) >= 11 is 3.38. The average molecular weight is 270 g/mol. The van der Waals surface area contributed by atoms with Crippen molar-refractivity contribution in [3.63, 3.8) is 0 Å². The van der Waals surface area contributed by atoms with Gasteiger partial charge in [-0.2, -0.15) is 0 Å². The number of fused-ring (bicyclic) bond motifs is 1. The molecule has 80 valence electrons. The lowest BCUT2D eigenvalue weighted by Gasteiger charge is -2.04. The Morgan fingerprint density at radius 3 is 3.20 bits per heavy atom. The summed E-state index contributed by atoms with van der Waals surface area (Å²) in [5.74, 6) is 0. The Bertz CT molecular complexity index is 469. The SMILES string of the molecule is CNCC(O)c1cn2ccc(Br)cc2n1. The van der Waals surface area contributed by atoms with Crippen molar-refractivity contribution in [1.82, 2.24) is 14.7 Å². The van der Waals surface area contributed by atoms with E-state index in [-0.39, 0.29) is 0 Å². The van der Waals surface area contributed by atoms with Gasteiger partial charge in [0.1, 0.15) is 11.8 Å². The zero-order valence-corrected chi connectivity index (χ0v) is 9.90. The number of hydrogen-bond acceptors (Lipinski definition) is 3. The van der Waals surface area contributed by atoms with Crippen LogP contribution in [0.15, 0.2) is 29.0 Å². The maximum Gasteiger partial charge on any atom is 0.138 e. The molecule has 0 aliphatic carbocycles. The maximum atomic E-state index is 9.74. The fraction of sp³-hybridized carbons (Fsp3) is 0.300. The van der Waals surface area contributed by atoms with Crippen molar-refractivity contribution in [2.75, 3.05) is 13.6 Å². The van der Waals surface area contributed by atoms with E-state index in [0.29, 0.717) is 12.2 Å². The van der Waals surface area contributed by atoms with Gasteiger partial charge >= 0.3 is 0 Å². The van der Waals surface area contributed by atoms with Crippen LogP contribution < -0.4 is 5.32 Å². The summed E-state index contributed by atoms with van der Waals surface area (Å²) in [6, 6.07) is 3.85. The molecule has 0 radical (unpaired) electrons. The van der Waals surface area contributed by atoms with Crippen LogP contribution >= 0.6 is 15.9 Å². The molecule has 2 aromatic heterocycles. The topological polar surface area (TPSA) is 49.6 Å². The van der Waals surface area contributed by atoms with E-state index in [1.807, 2.05) is 28.9 Å². The van der Waals surface area contributed by atoms with Gasteiger partial charge in [-0.15, -0.1) is 0 Å². The Labute approximate surface area is 96.1 Å². The van der Waals surface area contributed by atoms with E-state index in [1.54, 1.807) is 7.05 Å². The zero-order valence-electron chi connectivity index (χ0n) is 8.31. The molecule has 0 saturated heterocycles. The maximum absolute atomic E-state index is 9.74. The van der Waals surface area contributed by atoms with Crippen molar-refractivity contribution in [2.24, 2.45) is 0 Å². The van der Waals surface area contributed by atoms with Crippen molar-refractivity contribution >= 4 is 21.6 Å². The summed E-state index contributed by atoms with van der Waals surface area (Å²) in [5.41, 5.74) is 1.51. The standard InChI is InChI=1S/C10H12BrN3O/c1-12-5-9(15)8-6-14-3-2-7(11)4-10(14)13-8/h2-4,6,9,12,15H,5H2,1H3. The summed E-state index contributed by atoms with van der Waals surface area (Å²) in [6.45, 7) is 0.505. The van der Waals surface area contributed by atoms with Crippen LogP contribution in [0.4, 0.5) is 0 Å². The Hall–Kier alpha value is -0.910. The minimum absolute atomic E-state index is 0.505. The summed E-state index contributed by atoms with van der Waals surface area (Å²) in [5, 5.41) is 12.7. The third-order valence-corrected chi connectivity index (χ3v) is 2.67. The van der Waals surface area contributed by atoms with E-state index in [2.05, 4.69) is 26.2 Å². The fourth-order valence-electron chi connectivity index (χ4n) is 1.44. The molecule has 4 nitrogen and oxygen atoms in total. The molecule has 5 heteroatoms. The molecule has 0 aliphatic heterocycles. The molecule has 2 rings (SSSR count). The van der Waals surface area contributed by atoms with Crippen molar-refractivity contribution in [3.8, 4) is 0 Å². The first kappa shape index (κ1) is 10.6. The molecule has 1 atom stereocenters. The second-order valence-corrected chi connectivity index (χ2v) is 4.27. The Balaban J connectivity index is 2.38. The molecule has 2 heterocycles. The summed E-state index contributed by atoms with van der Waals surface area (Å²) in [4.78, 5) is 4.34. The monoisotopic (exact) mass is 269 g/mol. The Kier molecular flexibility index (Phi) is 3.04. The van der Waals surface area contributed by atoms with Gasteiger partial charge in [-0.05, 0) is 19.2 Å².